The van der Waals surface area contributed by atoms with Crippen LogP contribution in [-0.2, 0) is 22.6 Å². The van der Waals surface area contributed by atoms with Gasteiger partial charge >= 0.3 is 0 Å². The van der Waals surface area contributed by atoms with Gasteiger partial charge in [0.15, 0.2) is 5.96 Å². The number of guanidine groups is 1. The minimum absolute atomic E-state index is 0.256. The van der Waals surface area contributed by atoms with Crippen LogP contribution in [0.3, 0.4) is 0 Å². The highest BCUT2D eigenvalue weighted by atomic mass is 19.1. The van der Waals surface area contributed by atoms with Crippen LogP contribution in [0, 0.1) is 5.82 Å². The lowest BCUT2D eigenvalue weighted by Gasteiger charge is -2.12. The van der Waals surface area contributed by atoms with Gasteiger partial charge in [-0.1, -0.05) is 24.3 Å². The molecule has 0 aromatic heterocycles. The quantitative estimate of drug-likeness (QED) is 0.324. The summed E-state index contributed by atoms with van der Waals surface area (Å²) in [6.45, 7) is 3.68. The van der Waals surface area contributed by atoms with Crippen LogP contribution in [0.1, 0.15) is 17.5 Å². The van der Waals surface area contributed by atoms with Crippen molar-refractivity contribution >= 4 is 5.96 Å². The number of rotatable bonds is 12. The van der Waals surface area contributed by atoms with Gasteiger partial charge in [0, 0.05) is 33.9 Å². The molecule has 0 saturated carbocycles. The van der Waals surface area contributed by atoms with E-state index in [2.05, 4.69) is 15.6 Å². The molecular formula is C22H30FN3O3. The molecule has 7 heteroatoms. The molecule has 0 bridgehead atoms. The third kappa shape index (κ3) is 9.40. The predicted octanol–water partition coefficient (Wildman–Crippen LogP) is 3.12. The molecule has 2 aromatic carbocycles. The molecule has 6 nitrogen and oxygen atoms in total. The summed E-state index contributed by atoms with van der Waals surface area (Å²) >= 11 is 0. The Morgan fingerprint density at radius 1 is 1.00 bits per heavy atom. The Morgan fingerprint density at radius 2 is 1.83 bits per heavy atom. The Balaban J connectivity index is 1.66. The number of benzene rings is 2. The third-order valence-corrected chi connectivity index (χ3v) is 4.09. The van der Waals surface area contributed by atoms with Crippen LogP contribution < -0.4 is 15.4 Å². The Morgan fingerprint density at radius 3 is 2.55 bits per heavy atom. The fourth-order valence-electron chi connectivity index (χ4n) is 2.53. The van der Waals surface area contributed by atoms with Gasteiger partial charge in [-0.25, -0.2) is 4.39 Å². The first-order valence-corrected chi connectivity index (χ1v) is 9.68. The molecule has 0 aliphatic rings. The molecule has 2 N–H and O–H groups in total. The van der Waals surface area contributed by atoms with Gasteiger partial charge < -0.3 is 24.8 Å². The van der Waals surface area contributed by atoms with Gasteiger partial charge in [-0.15, -0.1) is 0 Å². The summed E-state index contributed by atoms with van der Waals surface area (Å²) in [4.78, 5) is 4.22. The standard InChI is InChI=1S/C22H30FN3O3/c1-24-22(25-11-4-12-28-14-13-27-2)26-16-18-7-9-21(10-8-18)29-17-19-5-3-6-20(23)15-19/h3,5-10,15H,4,11-14,16-17H2,1-2H3,(H2,24,25,26). The van der Waals surface area contributed by atoms with E-state index in [4.69, 9.17) is 14.2 Å². The molecule has 0 fully saturated rings. The number of nitrogens with zero attached hydrogens (tertiary/aromatic N) is 1. The van der Waals surface area contributed by atoms with Crippen LogP contribution in [0.25, 0.3) is 0 Å². The molecule has 0 aliphatic heterocycles. The SMILES string of the molecule is CN=C(NCCCOCCOC)NCc1ccc(OCc2cccc(F)c2)cc1. The molecule has 0 aliphatic carbocycles. The zero-order chi connectivity index (χ0) is 20.7. The van der Waals surface area contributed by atoms with E-state index in [1.54, 1.807) is 20.2 Å². The fraction of sp³-hybridized carbons (Fsp3) is 0.409. The normalized spacial score (nSPS) is 11.3. The minimum atomic E-state index is -0.256. The highest BCUT2D eigenvalue weighted by Gasteiger charge is 2.01. The zero-order valence-electron chi connectivity index (χ0n) is 17.1. The molecule has 0 saturated heterocycles. The second kappa shape index (κ2) is 13.5. The molecule has 0 spiro atoms. The van der Waals surface area contributed by atoms with Gasteiger partial charge in [-0.2, -0.15) is 0 Å². The van der Waals surface area contributed by atoms with E-state index in [9.17, 15) is 4.39 Å². The lowest BCUT2D eigenvalue weighted by Crippen LogP contribution is -2.37. The van der Waals surface area contributed by atoms with Crippen LogP contribution in [0.2, 0.25) is 0 Å². The van der Waals surface area contributed by atoms with E-state index < -0.39 is 0 Å². The summed E-state index contributed by atoms with van der Waals surface area (Å²) in [7, 11) is 3.40. The summed E-state index contributed by atoms with van der Waals surface area (Å²) in [6.07, 6.45) is 0.891. The molecule has 0 radical (unpaired) electrons. The van der Waals surface area contributed by atoms with Crippen LogP contribution >= 0.6 is 0 Å². The van der Waals surface area contributed by atoms with Crippen molar-refractivity contribution in [3.63, 3.8) is 0 Å². The number of hydrogen-bond acceptors (Lipinski definition) is 4. The highest BCUT2D eigenvalue weighted by Crippen LogP contribution is 2.14. The lowest BCUT2D eigenvalue weighted by atomic mass is 10.2. The van der Waals surface area contributed by atoms with Crippen LogP contribution in [0.5, 0.6) is 5.75 Å². The van der Waals surface area contributed by atoms with E-state index >= 15 is 0 Å². The number of hydrogen-bond donors (Lipinski definition) is 2. The second-order valence-corrected chi connectivity index (χ2v) is 6.37. The first-order valence-electron chi connectivity index (χ1n) is 9.68. The van der Waals surface area contributed by atoms with E-state index in [0.717, 1.165) is 35.8 Å². The average Bonchev–Trinajstić information content (AvgIpc) is 2.74. The maximum absolute atomic E-state index is 13.2. The van der Waals surface area contributed by atoms with Crippen LogP contribution in [-0.4, -0.2) is 46.5 Å². The average molecular weight is 403 g/mol. The van der Waals surface area contributed by atoms with Crippen molar-refractivity contribution in [3.8, 4) is 5.75 Å². The lowest BCUT2D eigenvalue weighted by molar-refractivity contribution is 0.0698. The van der Waals surface area contributed by atoms with Crippen molar-refractivity contribution in [2.24, 2.45) is 4.99 Å². The van der Waals surface area contributed by atoms with Gasteiger partial charge in [0.25, 0.3) is 0 Å². The molecule has 158 valence electrons. The molecule has 0 unspecified atom stereocenters. The van der Waals surface area contributed by atoms with E-state index in [1.807, 2.05) is 30.3 Å². The highest BCUT2D eigenvalue weighted by molar-refractivity contribution is 5.79. The van der Waals surface area contributed by atoms with Crippen molar-refractivity contribution in [1.29, 1.82) is 0 Å². The zero-order valence-corrected chi connectivity index (χ0v) is 17.1. The molecule has 29 heavy (non-hydrogen) atoms. The maximum atomic E-state index is 13.2. The van der Waals surface area contributed by atoms with Gasteiger partial charge in [0.2, 0.25) is 0 Å². The first kappa shape index (κ1) is 22.6. The third-order valence-electron chi connectivity index (χ3n) is 4.09. The Hall–Kier alpha value is -2.64. The number of halogens is 1. The minimum Gasteiger partial charge on any atom is -0.489 e. The molecular weight excluding hydrogens is 373 g/mol. The van der Waals surface area contributed by atoms with Crippen molar-refractivity contribution in [1.82, 2.24) is 10.6 Å². The summed E-state index contributed by atoms with van der Waals surface area (Å²) in [5, 5.41) is 6.53. The summed E-state index contributed by atoms with van der Waals surface area (Å²) < 4.78 is 29.3. The predicted molar refractivity (Wildman–Crippen MR) is 113 cm³/mol. The van der Waals surface area contributed by atoms with Gasteiger partial charge in [0.05, 0.1) is 13.2 Å². The monoisotopic (exact) mass is 403 g/mol. The fourth-order valence-corrected chi connectivity index (χ4v) is 2.53. The Labute approximate surface area is 172 Å². The second-order valence-electron chi connectivity index (χ2n) is 6.37. The van der Waals surface area contributed by atoms with Gasteiger partial charge in [-0.05, 0) is 41.8 Å². The summed E-state index contributed by atoms with van der Waals surface area (Å²) in [5.74, 6) is 1.23. The van der Waals surface area contributed by atoms with Crippen LogP contribution in [0.4, 0.5) is 4.39 Å². The number of methoxy groups -OCH3 is 1. The van der Waals surface area contributed by atoms with E-state index in [-0.39, 0.29) is 5.82 Å². The van der Waals surface area contributed by atoms with E-state index in [1.165, 1.54) is 12.1 Å². The van der Waals surface area contributed by atoms with Crippen molar-refractivity contribution in [3.05, 3.63) is 65.5 Å². The molecule has 2 aromatic rings. The Kier molecular flexibility index (Phi) is 10.6. The topological polar surface area (TPSA) is 64.1 Å². The largest absolute Gasteiger partial charge is 0.489 e. The first-order chi connectivity index (χ1) is 14.2. The molecule has 0 heterocycles. The number of nitrogens with one attached hydrogen (secondary N) is 2. The van der Waals surface area contributed by atoms with Crippen molar-refractivity contribution < 1.29 is 18.6 Å². The number of aliphatic imine (C=N–C) groups is 1. The van der Waals surface area contributed by atoms with Gasteiger partial charge in [0.1, 0.15) is 18.2 Å². The maximum Gasteiger partial charge on any atom is 0.191 e. The smallest absolute Gasteiger partial charge is 0.191 e. The molecule has 0 amide bonds. The van der Waals surface area contributed by atoms with E-state index in [0.29, 0.717) is 33.0 Å². The van der Waals surface area contributed by atoms with Gasteiger partial charge in [-0.3, -0.25) is 4.99 Å². The summed E-state index contributed by atoms with van der Waals surface area (Å²) in [6, 6.07) is 14.2. The van der Waals surface area contributed by atoms with Crippen molar-refractivity contribution in [2.75, 3.05) is 40.5 Å². The molecule has 0 atom stereocenters. The molecule has 2 rings (SSSR count). The van der Waals surface area contributed by atoms with Crippen molar-refractivity contribution in [2.45, 2.75) is 19.6 Å². The summed E-state index contributed by atoms with van der Waals surface area (Å²) in [5.41, 5.74) is 1.91. The van der Waals surface area contributed by atoms with Crippen LogP contribution in [0.15, 0.2) is 53.5 Å². The number of ether oxygens (including phenoxy) is 3. The Bertz CT molecular complexity index is 738.